The molecule has 2 atom stereocenters. The van der Waals surface area contributed by atoms with Crippen molar-refractivity contribution in [2.24, 2.45) is 0 Å². The molecule has 6 nitrogen and oxygen atoms in total. The minimum absolute atomic E-state index is 0.143. The van der Waals surface area contributed by atoms with Gasteiger partial charge in [-0.3, -0.25) is 4.79 Å². The van der Waals surface area contributed by atoms with E-state index in [9.17, 15) is 4.79 Å². The van der Waals surface area contributed by atoms with Crippen molar-refractivity contribution in [1.82, 2.24) is 10.1 Å². The maximum atomic E-state index is 11.5. The number of ether oxygens (including phenoxy) is 2. The Balaban J connectivity index is 2.02. The van der Waals surface area contributed by atoms with Crippen LogP contribution in [0, 0.1) is 0 Å². The van der Waals surface area contributed by atoms with Crippen molar-refractivity contribution in [2.45, 2.75) is 25.9 Å². The number of hydrogen-bond acceptors (Lipinski definition) is 7. The van der Waals surface area contributed by atoms with E-state index >= 15 is 0 Å². The molecule has 0 radical (unpaired) electrons. The average molecular weight is 272 g/mol. The Kier molecular flexibility index (Phi) is 4.60. The van der Waals surface area contributed by atoms with Crippen LogP contribution < -0.4 is 0 Å². The fraction of sp³-hybridized carbons (Fsp3) is 0.727. The van der Waals surface area contributed by atoms with Gasteiger partial charge in [0.2, 0.25) is 11.7 Å². The molecule has 1 aromatic heterocycles. The topological polar surface area (TPSA) is 74.5 Å². The maximum absolute atomic E-state index is 11.5. The van der Waals surface area contributed by atoms with Crippen LogP contribution in [0.4, 0.5) is 0 Å². The Morgan fingerprint density at radius 2 is 2.50 bits per heavy atom. The van der Waals surface area contributed by atoms with Crippen molar-refractivity contribution < 1.29 is 18.8 Å². The van der Waals surface area contributed by atoms with E-state index in [1.807, 2.05) is 0 Å². The molecule has 0 aliphatic carbocycles. The number of esters is 1. The van der Waals surface area contributed by atoms with Crippen LogP contribution in [0.2, 0.25) is 0 Å². The Labute approximate surface area is 109 Å². The van der Waals surface area contributed by atoms with Gasteiger partial charge in [-0.25, -0.2) is 0 Å². The van der Waals surface area contributed by atoms with E-state index in [1.165, 1.54) is 0 Å². The average Bonchev–Trinajstić information content (AvgIpc) is 2.89. The second-order valence-corrected chi connectivity index (χ2v) is 5.05. The summed E-state index contributed by atoms with van der Waals surface area (Å²) in [5.41, 5.74) is 0. The zero-order valence-corrected chi connectivity index (χ0v) is 11.2. The lowest BCUT2D eigenvalue weighted by atomic mass is 10.2. The summed E-state index contributed by atoms with van der Waals surface area (Å²) in [6.07, 6.45) is -0.143. The van der Waals surface area contributed by atoms with Crippen LogP contribution >= 0.6 is 11.8 Å². The molecule has 0 N–H and O–H groups in total. The summed E-state index contributed by atoms with van der Waals surface area (Å²) >= 11 is 1.79. The Bertz CT molecular complexity index is 404. The molecule has 0 amide bonds. The van der Waals surface area contributed by atoms with Crippen LogP contribution in [-0.2, 0) is 14.3 Å². The van der Waals surface area contributed by atoms with E-state index in [2.05, 4.69) is 10.1 Å². The third-order valence-corrected chi connectivity index (χ3v) is 3.57. The van der Waals surface area contributed by atoms with Gasteiger partial charge in [-0.05, 0) is 13.8 Å². The van der Waals surface area contributed by atoms with Crippen LogP contribution in [0.15, 0.2) is 4.52 Å². The van der Waals surface area contributed by atoms with Crippen molar-refractivity contribution in [3.8, 4) is 0 Å². The lowest BCUT2D eigenvalue weighted by Gasteiger charge is -2.18. The Hall–Kier alpha value is -1.08. The first-order chi connectivity index (χ1) is 8.72. The summed E-state index contributed by atoms with van der Waals surface area (Å²) in [6.45, 7) is 4.47. The van der Waals surface area contributed by atoms with Gasteiger partial charge in [-0.15, -0.1) is 0 Å². The summed E-state index contributed by atoms with van der Waals surface area (Å²) in [4.78, 5) is 15.8. The fourth-order valence-electron chi connectivity index (χ4n) is 1.56. The molecular weight excluding hydrogens is 256 g/mol. The standard InChI is InChI=1S/C11H16N2O4S/c1-3-15-11(14)7(2)10-12-9(13-17-10)8-6-18-5-4-16-8/h7-8H,3-6H2,1-2H3. The van der Waals surface area contributed by atoms with Crippen molar-refractivity contribution >= 4 is 17.7 Å². The van der Waals surface area contributed by atoms with Crippen LogP contribution in [0.3, 0.4) is 0 Å². The minimum atomic E-state index is -0.539. The molecule has 0 spiro atoms. The van der Waals surface area contributed by atoms with Gasteiger partial charge in [0.05, 0.1) is 13.2 Å². The third-order valence-electron chi connectivity index (χ3n) is 2.57. The predicted molar refractivity (Wildman–Crippen MR) is 65.4 cm³/mol. The fourth-order valence-corrected chi connectivity index (χ4v) is 2.40. The number of hydrogen-bond donors (Lipinski definition) is 0. The van der Waals surface area contributed by atoms with Crippen molar-refractivity contribution in [2.75, 3.05) is 24.7 Å². The zero-order valence-electron chi connectivity index (χ0n) is 10.4. The molecular formula is C11H16N2O4S. The van der Waals surface area contributed by atoms with E-state index in [0.29, 0.717) is 19.0 Å². The lowest BCUT2D eigenvalue weighted by Crippen LogP contribution is -2.17. The van der Waals surface area contributed by atoms with Gasteiger partial charge < -0.3 is 14.0 Å². The van der Waals surface area contributed by atoms with Gasteiger partial charge in [-0.1, -0.05) is 5.16 Å². The van der Waals surface area contributed by atoms with E-state index in [1.54, 1.807) is 25.6 Å². The smallest absolute Gasteiger partial charge is 0.318 e. The van der Waals surface area contributed by atoms with E-state index in [0.717, 1.165) is 11.5 Å². The highest BCUT2D eigenvalue weighted by atomic mass is 32.2. The second-order valence-electron chi connectivity index (χ2n) is 3.90. The molecule has 7 heteroatoms. The lowest BCUT2D eigenvalue weighted by molar-refractivity contribution is -0.145. The molecule has 1 saturated heterocycles. The molecule has 1 fully saturated rings. The van der Waals surface area contributed by atoms with Gasteiger partial charge in [-0.2, -0.15) is 16.7 Å². The number of carbonyl (C=O) groups excluding carboxylic acids is 1. The molecule has 2 unspecified atom stereocenters. The SMILES string of the molecule is CCOC(=O)C(C)c1nc(C2CSCCO2)no1. The molecule has 2 rings (SSSR count). The second kappa shape index (κ2) is 6.19. The normalized spacial score (nSPS) is 21.6. The Morgan fingerprint density at radius 1 is 1.67 bits per heavy atom. The summed E-state index contributed by atoms with van der Waals surface area (Å²) < 4.78 is 15.5. The highest BCUT2D eigenvalue weighted by Crippen LogP contribution is 2.25. The highest BCUT2D eigenvalue weighted by molar-refractivity contribution is 7.99. The van der Waals surface area contributed by atoms with Crippen molar-refractivity contribution in [3.05, 3.63) is 11.7 Å². The van der Waals surface area contributed by atoms with E-state index in [4.69, 9.17) is 14.0 Å². The summed E-state index contributed by atoms with van der Waals surface area (Å²) in [5.74, 6) is 1.69. The van der Waals surface area contributed by atoms with Crippen LogP contribution in [0.25, 0.3) is 0 Å². The van der Waals surface area contributed by atoms with E-state index in [-0.39, 0.29) is 18.0 Å². The monoisotopic (exact) mass is 272 g/mol. The number of rotatable bonds is 4. The van der Waals surface area contributed by atoms with Gasteiger partial charge in [0.15, 0.2) is 0 Å². The van der Waals surface area contributed by atoms with E-state index < -0.39 is 5.92 Å². The quantitative estimate of drug-likeness (QED) is 0.769. The number of thioether (sulfide) groups is 1. The first-order valence-electron chi connectivity index (χ1n) is 5.91. The molecule has 0 bridgehead atoms. The minimum Gasteiger partial charge on any atom is -0.465 e. The predicted octanol–water partition coefficient (Wildman–Crippen LogP) is 1.54. The van der Waals surface area contributed by atoms with Crippen LogP contribution in [0.1, 0.15) is 37.6 Å². The zero-order chi connectivity index (χ0) is 13.0. The van der Waals surface area contributed by atoms with Gasteiger partial charge in [0.1, 0.15) is 12.0 Å². The maximum Gasteiger partial charge on any atom is 0.318 e. The molecule has 1 aromatic rings. The van der Waals surface area contributed by atoms with Crippen LogP contribution in [-0.4, -0.2) is 40.8 Å². The number of nitrogens with zero attached hydrogens (tertiary/aromatic N) is 2. The molecule has 0 aromatic carbocycles. The number of aromatic nitrogens is 2. The Morgan fingerprint density at radius 3 is 3.17 bits per heavy atom. The summed E-state index contributed by atoms with van der Waals surface area (Å²) in [6, 6.07) is 0. The molecule has 2 heterocycles. The highest BCUT2D eigenvalue weighted by Gasteiger charge is 2.27. The van der Waals surface area contributed by atoms with Crippen molar-refractivity contribution in [1.29, 1.82) is 0 Å². The molecule has 18 heavy (non-hydrogen) atoms. The first kappa shape index (κ1) is 13.4. The van der Waals surface area contributed by atoms with Gasteiger partial charge >= 0.3 is 5.97 Å². The van der Waals surface area contributed by atoms with Crippen LogP contribution in [0.5, 0.6) is 0 Å². The molecule has 1 aliphatic heterocycles. The number of carbonyl (C=O) groups is 1. The van der Waals surface area contributed by atoms with Gasteiger partial charge in [0.25, 0.3) is 0 Å². The molecule has 100 valence electrons. The molecule has 0 saturated carbocycles. The molecule has 1 aliphatic rings. The third kappa shape index (κ3) is 3.02. The first-order valence-corrected chi connectivity index (χ1v) is 7.07. The van der Waals surface area contributed by atoms with Crippen molar-refractivity contribution in [3.63, 3.8) is 0 Å². The summed E-state index contributed by atoms with van der Waals surface area (Å²) in [5, 5.41) is 3.87. The largest absolute Gasteiger partial charge is 0.465 e. The summed E-state index contributed by atoms with van der Waals surface area (Å²) in [7, 11) is 0. The van der Waals surface area contributed by atoms with Gasteiger partial charge in [0, 0.05) is 11.5 Å².